The molecule has 0 aromatic heterocycles. The summed E-state index contributed by atoms with van der Waals surface area (Å²) in [4.78, 5) is 14.0. The lowest BCUT2D eigenvalue weighted by molar-refractivity contribution is -0.132. The number of benzene rings is 1. The number of carbonyl (C=O) groups is 1. The van der Waals surface area contributed by atoms with Crippen molar-refractivity contribution in [2.75, 3.05) is 25.1 Å². The van der Waals surface area contributed by atoms with Gasteiger partial charge >= 0.3 is 0 Å². The average molecular weight is 319 g/mol. The van der Waals surface area contributed by atoms with Crippen LogP contribution in [-0.4, -0.2) is 41.9 Å². The molecule has 1 amide bonds. The van der Waals surface area contributed by atoms with E-state index in [9.17, 15) is 4.79 Å². The molecule has 0 saturated carbocycles. The maximum absolute atomic E-state index is 12.2. The van der Waals surface area contributed by atoms with Crippen LogP contribution in [0.5, 0.6) is 0 Å². The first-order chi connectivity index (χ1) is 9.08. The van der Waals surface area contributed by atoms with Gasteiger partial charge in [-0.15, -0.1) is 0 Å². The third-order valence-corrected chi connectivity index (χ3v) is 4.80. The molecule has 19 heavy (non-hydrogen) atoms. The van der Waals surface area contributed by atoms with E-state index in [-0.39, 0.29) is 11.9 Å². The van der Waals surface area contributed by atoms with E-state index in [1.165, 1.54) is 0 Å². The Morgan fingerprint density at radius 1 is 1.47 bits per heavy atom. The third kappa shape index (κ3) is 4.02. The van der Waals surface area contributed by atoms with E-state index in [1.54, 1.807) is 17.0 Å². The molecule has 0 aliphatic carbocycles. The zero-order valence-electron chi connectivity index (χ0n) is 10.7. The Morgan fingerprint density at radius 2 is 2.26 bits per heavy atom. The van der Waals surface area contributed by atoms with Gasteiger partial charge in [0.05, 0.1) is 16.1 Å². The Kier molecular flexibility index (Phi) is 5.39. The number of amides is 1. The zero-order chi connectivity index (χ0) is 13.8. The van der Waals surface area contributed by atoms with Gasteiger partial charge in [0.25, 0.3) is 0 Å². The van der Waals surface area contributed by atoms with Crippen molar-refractivity contribution in [3.8, 4) is 0 Å². The minimum atomic E-state index is -0.0773. The predicted molar refractivity (Wildman–Crippen MR) is 82.1 cm³/mol. The third-order valence-electron chi connectivity index (χ3n) is 3.00. The highest BCUT2D eigenvalue weighted by atomic mass is 35.5. The van der Waals surface area contributed by atoms with Gasteiger partial charge in [0.1, 0.15) is 0 Å². The molecule has 1 unspecified atom stereocenters. The molecule has 1 N–H and O–H groups in total. The second kappa shape index (κ2) is 6.84. The number of hydrogen-bond acceptors (Lipinski definition) is 3. The van der Waals surface area contributed by atoms with Crippen LogP contribution in [0.25, 0.3) is 0 Å². The highest BCUT2D eigenvalue weighted by Crippen LogP contribution is 2.23. The molecule has 2 rings (SSSR count). The van der Waals surface area contributed by atoms with Crippen molar-refractivity contribution in [3.05, 3.63) is 33.8 Å². The number of hydrogen-bond donors (Lipinski definition) is 1. The van der Waals surface area contributed by atoms with Gasteiger partial charge in [0, 0.05) is 31.6 Å². The van der Waals surface area contributed by atoms with Gasteiger partial charge in [-0.1, -0.05) is 29.3 Å². The Hall–Kier alpha value is -0.420. The molecule has 1 atom stereocenters. The number of halogens is 2. The molecule has 1 aliphatic rings. The van der Waals surface area contributed by atoms with Gasteiger partial charge in [-0.05, 0) is 17.7 Å². The Labute approximate surface area is 127 Å². The minimum Gasteiger partial charge on any atom is -0.340 e. The van der Waals surface area contributed by atoms with Crippen molar-refractivity contribution < 1.29 is 4.79 Å². The van der Waals surface area contributed by atoms with E-state index in [0.717, 1.165) is 23.6 Å². The van der Waals surface area contributed by atoms with E-state index in [2.05, 4.69) is 5.32 Å². The smallest absolute Gasteiger partial charge is 0.240 e. The quantitative estimate of drug-likeness (QED) is 0.930. The molecular formula is C13H16Cl2N2OS. The van der Waals surface area contributed by atoms with Crippen LogP contribution >= 0.6 is 35.0 Å². The normalized spacial score (nSPS) is 19.2. The first-order valence-electron chi connectivity index (χ1n) is 6.08. The molecule has 1 saturated heterocycles. The van der Waals surface area contributed by atoms with Crippen molar-refractivity contribution >= 4 is 40.9 Å². The van der Waals surface area contributed by atoms with Crippen LogP contribution in [-0.2, 0) is 11.3 Å². The lowest BCUT2D eigenvalue weighted by Gasteiger charge is -2.27. The number of carbonyl (C=O) groups excluding carboxylic acids is 1. The van der Waals surface area contributed by atoms with Crippen molar-refractivity contribution in [1.82, 2.24) is 10.2 Å². The number of thioether (sulfide) groups is 1. The molecule has 3 nitrogen and oxygen atoms in total. The summed E-state index contributed by atoms with van der Waals surface area (Å²) < 4.78 is 0. The molecule has 1 fully saturated rings. The van der Waals surface area contributed by atoms with Gasteiger partial charge in [-0.3, -0.25) is 4.79 Å². The number of nitrogens with zero attached hydrogens (tertiary/aromatic N) is 1. The maximum atomic E-state index is 12.2. The van der Waals surface area contributed by atoms with Crippen molar-refractivity contribution in [1.29, 1.82) is 0 Å². The standard InChI is InChI=1S/C13H16Cl2N2OS/c1-17(13(18)12-8-19-5-4-16-12)7-9-2-3-10(14)11(15)6-9/h2-3,6,12,16H,4-5,7-8H2,1H3. The first kappa shape index (κ1) is 15.0. The van der Waals surface area contributed by atoms with Crippen LogP contribution in [0.15, 0.2) is 18.2 Å². The number of likely N-dealkylation sites (N-methyl/N-ethyl adjacent to an activating group) is 1. The molecule has 1 heterocycles. The monoisotopic (exact) mass is 318 g/mol. The molecule has 104 valence electrons. The van der Waals surface area contributed by atoms with Crippen LogP contribution in [0, 0.1) is 0 Å². The highest BCUT2D eigenvalue weighted by Gasteiger charge is 2.23. The van der Waals surface area contributed by atoms with Gasteiger partial charge in [0.2, 0.25) is 5.91 Å². The second-order valence-corrected chi connectivity index (χ2v) is 6.49. The van der Waals surface area contributed by atoms with Gasteiger partial charge in [-0.25, -0.2) is 0 Å². The Balaban J connectivity index is 1.97. The van der Waals surface area contributed by atoms with Crippen LogP contribution < -0.4 is 5.32 Å². The lowest BCUT2D eigenvalue weighted by Crippen LogP contribution is -2.49. The first-order valence-corrected chi connectivity index (χ1v) is 7.99. The van der Waals surface area contributed by atoms with E-state index in [4.69, 9.17) is 23.2 Å². The topological polar surface area (TPSA) is 32.3 Å². The summed E-state index contributed by atoms with van der Waals surface area (Å²) in [7, 11) is 1.81. The molecule has 6 heteroatoms. The highest BCUT2D eigenvalue weighted by molar-refractivity contribution is 7.99. The molecule has 1 aromatic rings. The fraction of sp³-hybridized carbons (Fsp3) is 0.462. The molecule has 0 bridgehead atoms. The summed E-state index contributed by atoms with van der Waals surface area (Å²) in [6.07, 6.45) is 0. The van der Waals surface area contributed by atoms with Gasteiger partial charge in [-0.2, -0.15) is 11.8 Å². The van der Waals surface area contributed by atoms with Crippen LogP contribution in [0.3, 0.4) is 0 Å². The summed E-state index contributed by atoms with van der Waals surface area (Å²) in [5, 5.41) is 4.30. The summed E-state index contributed by atoms with van der Waals surface area (Å²) >= 11 is 13.7. The van der Waals surface area contributed by atoms with Crippen LogP contribution in [0.2, 0.25) is 10.0 Å². The lowest BCUT2D eigenvalue weighted by atomic mass is 10.2. The second-order valence-electron chi connectivity index (χ2n) is 4.52. The van der Waals surface area contributed by atoms with Crippen molar-refractivity contribution in [2.45, 2.75) is 12.6 Å². The predicted octanol–water partition coefficient (Wildman–Crippen LogP) is 2.66. The summed E-state index contributed by atoms with van der Waals surface area (Å²) in [5.74, 6) is 2.03. The fourth-order valence-corrected chi connectivity index (χ4v) is 3.23. The molecule has 1 aromatic carbocycles. The SMILES string of the molecule is CN(Cc1ccc(Cl)c(Cl)c1)C(=O)C1CSCCN1. The van der Waals surface area contributed by atoms with Gasteiger partial charge in [0.15, 0.2) is 0 Å². The number of rotatable bonds is 3. The van der Waals surface area contributed by atoms with Gasteiger partial charge < -0.3 is 10.2 Å². The Morgan fingerprint density at radius 3 is 2.89 bits per heavy atom. The van der Waals surface area contributed by atoms with E-state index < -0.39 is 0 Å². The zero-order valence-corrected chi connectivity index (χ0v) is 13.0. The molecular weight excluding hydrogens is 303 g/mol. The van der Waals surface area contributed by atoms with E-state index in [1.807, 2.05) is 24.9 Å². The molecule has 0 radical (unpaired) electrons. The van der Waals surface area contributed by atoms with Crippen LogP contribution in [0.4, 0.5) is 0 Å². The average Bonchev–Trinajstić information content (AvgIpc) is 2.43. The largest absolute Gasteiger partial charge is 0.340 e. The molecule has 1 aliphatic heterocycles. The Bertz CT molecular complexity index is 464. The van der Waals surface area contributed by atoms with Crippen molar-refractivity contribution in [2.24, 2.45) is 0 Å². The number of nitrogens with one attached hydrogen (secondary N) is 1. The minimum absolute atomic E-state index is 0.0773. The molecule has 0 spiro atoms. The van der Waals surface area contributed by atoms with E-state index in [0.29, 0.717) is 16.6 Å². The van der Waals surface area contributed by atoms with Crippen LogP contribution in [0.1, 0.15) is 5.56 Å². The maximum Gasteiger partial charge on any atom is 0.240 e. The fourth-order valence-electron chi connectivity index (χ4n) is 1.98. The van der Waals surface area contributed by atoms with E-state index >= 15 is 0 Å². The summed E-state index contributed by atoms with van der Waals surface area (Å²) in [6, 6.07) is 5.37. The summed E-state index contributed by atoms with van der Waals surface area (Å²) in [6.45, 7) is 1.43. The summed E-state index contributed by atoms with van der Waals surface area (Å²) in [5.41, 5.74) is 0.980. The van der Waals surface area contributed by atoms with Crippen molar-refractivity contribution in [3.63, 3.8) is 0 Å².